The highest BCUT2D eigenvalue weighted by molar-refractivity contribution is 6.20. The highest BCUT2D eigenvalue weighted by atomic mass is 16.7. The highest BCUT2D eigenvalue weighted by Gasteiger charge is 2.61. The molecule has 0 radical (unpaired) electrons. The summed E-state index contributed by atoms with van der Waals surface area (Å²) in [6, 6.07) is 6.39. The highest BCUT2D eigenvalue weighted by Crippen LogP contribution is 2.60. The van der Waals surface area contributed by atoms with Crippen molar-refractivity contribution in [2.75, 3.05) is 13.1 Å². The molecule has 1 saturated carbocycles. The number of carbonyl (C=O) groups is 4. The number of hydrogen-bond donors (Lipinski definition) is 0. The Morgan fingerprint density at radius 3 is 2.10 bits per heavy atom. The summed E-state index contributed by atoms with van der Waals surface area (Å²) in [5.41, 5.74) is -0.304. The van der Waals surface area contributed by atoms with Gasteiger partial charge in [-0.15, -0.1) is 0 Å². The summed E-state index contributed by atoms with van der Waals surface area (Å²) >= 11 is 0. The van der Waals surface area contributed by atoms with Gasteiger partial charge < -0.3 is 14.5 Å². The van der Waals surface area contributed by atoms with Crippen LogP contribution in [0.1, 0.15) is 60.7 Å². The third-order valence-electron chi connectivity index (χ3n) is 5.82. The summed E-state index contributed by atoms with van der Waals surface area (Å²) in [6.45, 7) is 6.48. The Morgan fingerprint density at radius 1 is 1.03 bits per heavy atom. The van der Waals surface area contributed by atoms with Gasteiger partial charge in [0.05, 0.1) is 17.0 Å². The van der Waals surface area contributed by atoms with Gasteiger partial charge >= 0.3 is 12.1 Å². The van der Waals surface area contributed by atoms with Crippen molar-refractivity contribution in [2.45, 2.75) is 45.6 Å². The van der Waals surface area contributed by atoms with Gasteiger partial charge in [-0.3, -0.25) is 9.59 Å². The first-order chi connectivity index (χ1) is 13.6. The third kappa shape index (κ3) is 3.47. The van der Waals surface area contributed by atoms with Crippen molar-refractivity contribution >= 4 is 23.9 Å². The molecule has 154 valence electrons. The van der Waals surface area contributed by atoms with Crippen molar-refractivity contribution in [2.24, 2.45) is 11.3 Å². The molecule has 2 fully saturated rings. The molecule has 29 heavy (non-hydrogen) atoms. The Hall–Kier alpha value is -2.90. The molecule has 8 heteroatoms. The minimum Gasteiger partial charge on any atom is -0.444 e. The molecule has 1 atom stereocenters. The molecule has 2 aliphatic heterocycles. The molecule has 8 nitrogen and oxygen atoms in total. The number of hydrogen-bond acceptors (Lipinski definition) is 6. The van der Waals surface area contributed by atoms with E-state index in [0.29, 0.717) is 37.4 Å². The Morgan fingerprint density at radius 2 is 1.59 bits per heavy atom. The lowest BCUT2D eigenvalue weighted by molar-refractivity contribution is -0.171. The van der Waals surface area contributed by atoms with Crippen LogP contribution in [-0.2, 0) is 14.4 Å². The normalized spacial score (nSPS) is 22.5. The SMILES string of the molecule is CC(C)(C)OC(=O)N1CCC2(CC1)CC2C(=O)ON1C(=O)c2ccccc2C1=O. The van der Waals surface area contributed by atoms with Crippen molar-refractivity contribution in [1.82, 2.24) is 9.96 Å². The van der Waals surface area contributed by atoms with Crippen LogP contribution in [0, 0.1) is 11.3 Å². The lowest BCUT2D eigenvalue weighted by Gasteiger charge is -2.34. The summed E-state index contributed by atoms with van der Waals surface area (Å²) in [4.78, 5) is 56.4. The second kappa shape index (κ2) is 6.57. The largest absolute Gasteiger partial charge is 0.444 e. The Kier molecular flexibility index (Phi) is 4.40. The Balaban J connectivity index is 1.33. The average molecular weight is 400 g/mol. The molecule has 1 unspecified atom stereocenters. The lowest BCUT2D eigenvalue weighted by Crippen LogP contribution is -2.43. The van der Waals surface area contributed by atoms with Crippen LogP contribution >= 0.6 is 0 Å². The van der Waals surface area contributed by atoms with Crippen molar-refractivity contribution < 1.29 is 28.8 Å². The molecule has 0 bridgehead atoms. The summed E-state index contributed by atoms with van der Waals surface area (Å²) in [5, 5.41) is 0.564. The van der Waals surface area contributed by atoms with Crippen LogP contribution in [0.15, 0.2) is 24.3 Å². The van der Waals surface area contributed by atoms with Crippen LogP contribution in [0.5, 0.6) is 0 Å². The number of carbonyl (C=O) groups excluding carboxylic acids is 4. The number of ether oxygens (including phenoxy) is 1. The van der Waals surface area contributed by atoms with E-state index in [1.165, 1.54) is 12.1 Å². The molecule has 3 amide bonds. The summed E-state index contributed by atoms with van der Waals surface area (Å²) < 4.78 is 5.40. The zero-order chi connectivity index (χ0) is 21.0. The summed E-state index contributed by atoms with van der Waals surface area (Å²) in [5.74, 6) is -2.17. The molecule has 1 aliphatic carbocycles. The number of benzene rings is 1. The minimum atomic E-state index is -0.617. The molecular formula is C21H24N2O6. The van der Waals surface area contributed by atoms with Gasteiger partial charge in [-0.1, -0.05) is 17.2 Å². The molecule has 3 aliphatic rings. The second-order valence-electron chi connectivity index (χ2n) is 8.95. The quantitative estimate of drug-likeness (QED) is 0.709. The fraction of sp³-hybridized carbons (Fsp3) is 0.524. The lowest BCUT2D eigenvalue weighted by atomic mass is 9.91. The number of fused-ring (bicyclic) bond motifs is 1. The summed E-state index contributed by atoms with van der Waals surface area (Å²) in [7, 11) is 0. The minimum absolute atomic E-state index is 0.228. The van der Waals surface area contributed by atoms with E-state index >= 15 is 0 Å². The predicted molar refractivity (Wildman–Crippen MR) is 101 cm³/mol. The van der Waals surface area contributed by atoms with E-state index in [4.69, 9.17) is 9.57 Å². The molecule has 1 saturated heterocycles. The molecule has 1 spiro atoms. The number of amides is 3. The molecule has 1 aromatic rings. The number of rotatable bonds is 2. The van der Waals surface area contributed by atoms with E-state index in [1.807, 2.05) is 20.8 Å². The molecule has 0 N–H and O–H groups in total. The number of nitrogens with zero attached hydrogens (tertiary/aromatic N) is 2. The van der Waals surface area contributed by atoms with Gasteiger partial charge in [-0.05, 0) is 57.6 Å². The van der Waals surface area contributed by atoms with Crippen LogP contribution in [0.3, 0.4) is 0 Å². The first kappa shape index (κ1) is 19.4. The first-order valence-electron chi connectivity index (χ1n) is 9.79. The average Bonchev–Trinajstić information content (AvgIpc) is 3.31. The molecule has 2 heterocycles. The number of likely N-dealkylation sites (tertiary alicyclic amines) is 1. The van der Waals surface area contributed by atoms with Gasteiger partial charge in [0.1, 0.15) is 5.60 Å². The van der Waals surface area contributed by atoms with Crippen molar-refractivity contribution in [3.05, 3.63) is 35.4 Å². The number of piperidine rings is 1. The van der Waals surface area contributed by atoms with E-state index in [-0.39, 0.29) is 28.6 Å². The number of hydroxylamine groups is 2. The van der Waals surface area contributed by atoms with Crippen molar-refractivity contribution in [3.63, 3.8) is 0 Å². The van der Waals surface area contributed by atoms with Crippen molar-refractivity contribution in [1.29, 1.82) is 0 Å². The second-order valence-corrected chi connectivity index (χ2v) is 8.95. The maximum absolute atomic E-state index is 12.6. The zero-order valence-electron chi connectivity index (χ0n) is 16.8. The van der Waals surface area contributed by atoms with E-state index in [2.05, 4.69) is 0 Å². The number of imide groups is 1. The third-order valence-corrected chi connectivity index (χ3v) is 5.82. The first-order valence-corrected chi connectivity index (χ1v) is 9.79. The maximum atomic E-state index is 12.6. The Bertz CT molecular complexity index is 860. The van der Waals surface area contributed by atoms with Gasteiger partial charge in [-0.25, -0.2) is 9.59 Å². The zero-order valence-corrected chi connectivity index (χ0v) is 16.8. The van der Waals surface area contributed by atoms with E-state index in [9.17, 15) is 19.2 Å². The van der Waals surface area contributed by atoms with Gasteiger partial charge in [0, 0.05) is 13.1 Å². The molecule has 1 aromatic carbocycles. The standard InChI is InChI=1S/C21H24N2O6/c1-20(2,3)28-19(27)22-10-8-21(9-11-22)12-15(21)18(26)29-23-16(24)13-6-4-5-7-14(13)17(23)25/h4-7,15H,8-12H2,1-3H3. The fourth-order valence-electron chi connectivity index (χ4n) is 4.10. The smallest absolute Gasteiger partial charge is 0.410 e. The van der Waals surface area contributed by atoms with Crippen molar-refractivity contribution in [3.8, 4) is 0 Å². The van der Waals surface area contributed by atoms with Gasteiger partial charge in [0.15, 0.2) is 0 Å². The van der Waals surface area contributed by atoms with Gasteiger partial charge in [0.2, 0.25) is 0 Å². The Labute approximate surface area is 168 Å². The van der Waals surface area contributed by atoms with E-state index in [1.54, 1.807) is 17.0 Å². The van der Waals surface area contributed by atoms with Gasteiger partial charge in [-0.2, -0.15) is 0 Å². The van der Waals surface area contributed by atoms with Crippen LogP contribution < -0.4 is 0 Å². The molecular weight excluding hydrogens is 376 g/mol. The topological polar surface area (TPSA) is 93.2 Å². The predicted octanol–water partition coefficient (Wildman–Crippen LogP) is 2.78. The van der Waals surface area contributed by atoms with E-state index < -0.39 is 23.4 Å². The molecule has 0 aromatic heterocycles. The van der Waals surface area contributed by atoms with Crippen LogP contribution in [0.2, 0.25) is 0 Å². The van der Waals surface area contributed by atoms with Crippen LogP contribution in [-0.4, -0.2) is 52.5 Å². The van der Waals surface area contributed by atoms with E-state index in [0.717, 1.165) is 0 Å². The fourth-order valence-corrected chi connectivity index (χ4v) is 4.10. The maximum Gasteiger partial charge on any atom is 0.410 e. The van der Waals surface area contributed by atoms with Crippen LogP contribution in [0.4, 0.5) is 4.79 Å². The monoisotopic (exact) mass is 400 g/mol. The molecule has 4 rings (SSSR count). The van der Waals surface area contributed by atoms with Gasteiger partial charge in [0.25, 0.3) is 11.8 Å². The van der Waals surface area contributed by atoms with Crippen LogP contribution in [0.25, 0.3) is 0 Å². The summed E-state index contributed by atoms with van der Waals surface area (Å²) in [6.07, 6.45) is 1.61.